The van der Waals surface area contributed by atoms with Gasteiger partial charge in [-0.25, -0.2) is 4.79 Å². The third-order valence-electron chi connectivity index (χ3n) is 1.94. The molecule has 2 heterocycles. The van der Waals surface area contributed by atoms with E-state index in [1.54, 1.807) is 6.92 Å². The summed E-state index contributed by atoms with van der Waals surface area (Å²) in [6.45, 7) is 1.69. The van der Waals surface area contributed by atoms with E-state index in [2.05, 4.69) is 15.1 Å². The number of nitrogen functional groups attached to an aromatic ring is 1. The van der Waals surface area contributed by atoms with Gasteiger partial charge in [0.05, 0.1) is 6.54 Å². The minimum atomic E-state index is -0.604. The zero-order valence-corrected chi connectivity index (χ0v) is 8.43. The van der Waals surface area contributed by atoms with Crippen LogP contribution in [-0.4, -0.2) is 19.7 Å². The summed E-state index contributed by atoms with van der Waals surface area (Å²) < 4.78 is 5.90. The van der Waals surface area contributed by atoms with Crippen molar-refractivity contribution >= 4 is 5.82 Å². The zero-order valence-electron chi connectivity index (χ0n) is 8.43. The number of aryl methyl sites for hydroxylation is 1. The van der Waals surface area contributed by atoms with Crippen molar-refractivity contribution in [1.29, 1.82) is 0 Å². The third-order valence-corrected chi connectivity index (χ3v) is 1.94. The molecule has 2 aromatic rings. The maximum Gasteiger partial charge on any atom is 0.330 e. The lowest BCUT2D eigenvalue weighted by Gasteiger charge is -2.04. The first-order valence-electron chi connectivity index (χ1n) is 4.45. The average Bonchev–Trinajstić information content (AvgIpc) is 2.58. The number of aromatic amines is 1. The van der Waals surface area contributed by atoms with Gasteiger partial charge in [0.2, 0.25) is 5.89 Å². The van der Waals surface area contributed by atoms with E-state index in [-0.39, 0.29) is 12.4 Å². The number of nitrogens with two attached hydrogens (primary N) is 1. The first-order valence-corrected chi connectivity index (χ1v) is 4.45. The number of hydrogen-bond acceptors (Lipinski definition) is 6. The van der Waals surface area contributed by atoms with Crippen LogP contribution in [0.1, 0.15) is 11.7 Å². The molecule has 0 unspecified atom stereocenters. The Balaban J connectivity index is 2.42. The SMILES string of the molecule is Cc1nc(Cn2c(N)cc(=O)[nH]c2=O)no1. The topological polar surface area (TPSA) is 120 Å². The fraction of sp³-hybridized carbons (Fsp3) is 0.250. The van der Waals surface area contributed by atoms with Gasteiger partial charge in [-0.1, -0.05) is 5.16 Å². The van der Waals surface area contributed by atoms with Gasteiger partial charge in [-0.3, -0.25) is 14.3 Å². The summed E-state index contributed by atoms with van der Waals surface area (Å²) >= 11 is 0. The molecule has 0 amide bonds. The van der Waals surface area contributed by atoms with E-state index in [9.17, 15) is 9.59 Å². The number of hydrogen-bond donors (Lipinski definition) is 2. The first kappa shape index (κ1) is 10.1. The Bertz CT molecular complexity index is 623. The number of nitrogens with zero attached hydrogens (tertiary/aromatic N) is 3. The highest BCUT2D eigenvalue weighted by Gasteiger charge is 2.08. The molecule has 8 heteroatoms. The normalized spacial score (nSPS) is 10.6. The van der Waals surface area contributed by atoms with Crippen LogP contribution in [0.3, 0.4) is 0 Å². The Morgan fingerprint density at radius 3 is 2.88 bits per heavy atom. The van der Waals surface area contributed by atoms with Gasteiger partial charge < -0.3 is 10.3 Å². The molecule has 84 valence electrons. The minimum Gasteiger partial charge on any atom is -0.385 e. The van der Waals surface area contributed by atoms with Crippen LogP contribution in [0, 0.1) is 6.92 Å². The molecule has 0 aliphatic heterocycles. The third kappa shape index (κ3) is 1.85. The molecule has 0 saturated heterocycles. The zero-order chi connectivity index (χ0) is 11.7. The van der Waals surface area contributed by atoms with Crippen LogP contribution < -0.4 is 17.0 Å². The maximum atomic E-state index is 11.4. The summed E-state index contributed by atoms with van der Waals surface area (Å²) in [7, 11) is 0. The summed E-state index contributed by atoms with van der Waals surface area (Å²) in [5.41, 5.74) is 4.39. The van der Waals surface area contributed by atoms with E-state index in [0.29, 0.717) is 11.7 Å². The number of aromatic nitrogens is 4. The van der Waals surface area contributed by atoms with Crippen LogP contribution in [0.15, 0.2) is 20.2 Å². The fourth-order valence-corrected chi connectivity index (χ4v) is 1.25. The standard InChI is InChI=1S/C8H9N5O3/c1-4-10-6(12-16-4)3-13-5(9)2-7(14)11-8(13)15/h2H,3,9H2,1H3,(H,11,14,15). The molecule has 0 aromatic carbocycles. The van der Waals surface area contributed by atoms with E-state index < -0.39 is 11.2 Å². The van der Waals surface area contributed by atoms with Crippen molar-refractivity contribution in [3.8, 4) is 0 Å². The van der Waals surface area contributed by atoms with Crippen molar-refractivity contribution in [2.45, 2.75) is 13.5 Å². The lowest BCUT2D eigenvalue weighted by molar-refractivity contribution is 0.386. The van der Waals surface area contributed by atoms with Crippen molar-refractivity contribution in [3.63, 3.8) is 0 Å². The van der Waals surface area contributed by atoms with Crippen molar-refractivity contribution < 1.29 is 4.52 Å². The summed E-state index contributed by atoms with van der Waals surface area (Å²) in [5, 5.41) is 3.62. The smallest absolute Gasteiger partial charge is 0.330 e. The highest BCUT2D eigenvalue weighted by molar-refractivity contribution is 5.26. The molecule has 3 N–H and O–H groups in total. The molecule has 0 atom stereocenters. The van der Waals surface area contributed by atoms with Gasteiger partial charge in [-0.15, -0.1) is 0 Å². The van der Waals surface area contributed by atoms with Crippen LogP contribution in [0.25, 0.3) is 0 Å². The maximum absolute atomic E-state index is 11.4. The molecular weight excluding hydrogens is 214 g/mol. The van der Waals surface area contributed by atoms with Crippen LogP contribution in [0.4, 0.5) is 5.82 Å². The molecule has 0 fully saturated rings. The lowest BCUT2D eigenvalue weighted by atomic mass is 10.5. The Hall–Kier alpha value is -2.38. The number of rotatable bonds is 2. The number of H-pyrrole nitrogens is 1. The summed E-state index contributed by atoms with van der Waals surface area (Å²) in [5.74, 6) is 0.764. The molecule has 0 aliphatic rings. The van der Waals surface area contributed by atoms with Gasteiger partial charge >= 0.3 is 5.69 Å². The van der Waals surface area contributed by atoms with Crippen molar-refractivity contribution in [2.24, 2.45) is 0 Å². The van der Waals surface area contributed by atoms with Gasteiger partial charge in [-0.2, -0.15) is 4.98 Å². The molecule has 0 aliphatic carbocycles. The van der Waals surface area contributed by atoms with E-state index in [0.717, 1.165) is 10.6 Å². The van der Waals surface area contributed by atoms with Gasteiger partial charge in [0.15, 0.2) is 5.82 Å². The van der Waals surface area contributed by atoms with Crippen LogP contribution >= 0.6 is 0 Å². The fourth-order valence-electron chi connectivity index (χ4n) is 1.25. The van der Waals surface area contributed by atoms with Crippen molar-refractivity contribution in [1.82, 2.24) is 19.7 Å². The van der Waals surface area contributed by atoms with Gasteiger partial charge in [-0.05, 0) is 0 Å². The average molecular weight is 223 g/mol. The van der Waals surface area contributed by atoms with Gasteiger partial charge in [0.25, 0.3) is 5.56 Å². The van der Waals surface area contributed by atoms with Gasteiger partial charge in [0.1, 0.15) is 5.82 Å². The van der Waals surface area contributed by atoms with Crippen molar-refractivity contribution in [3.05, 3.63) is 38.6 Å². The Morgan fingerprint density at radius 1 is 1.56 bits per heavy atom. The molecule has 8 nitrogen and oxygen atoms in total. The highest BCUT2D eigenvalue weighted by atomic mass is 16.5. The second kappa shape index (κ2) is 3.65. The second-order valence-corrected chi connectivity index (χ2v) is 3.18. The van der Waals surface area contributed by atoms with E-state index in [1.807, 2.05) is 0 Å². The van der Waals surface area contributed by atoms with Crippen LogP contribution in [-0.2, 0) is 6.54 Å². The van der Waals surface area contributed by atoms with E-state index >= 15 is 0 Å². The van der Waals surface area contributed by atoms with Crippen LogP contribution in [0.2, 0.25) is 0 Å². The first-order chi connectivity index (χ1) is 7.56. The molecular formula is C8H9N5O3. The molecule has 0 saturated carbocycles. The number of nitrogens with one attached hydrogen (secondary N) is 1. The molecule has 0 bridgehead atoms. The molecule has 0 radical (unpaired) electrons. The van der Waals surface area contributed by atoms with Crippen molar-refractivity contribution in [2.75, 3.05) is 5.73 Å². The molecule has 16 heavy (non-hydrogen) atoms. The lowest BCUT2D eigenvalue weighted by Crippen LogP contribution is -2.31. The summed E-state index contributed by atoms with van der Waals surface area (Å²) in [6.07, 6.45) is 0. The molecule has 2 rings (SSSR count). The molecule has 2 aromatic heterocycles. The summed E-state index contributed by atoms with van der Waals surface area (Å²) in [4.78, 5) is 28.4. The Labute approximate surface area is 88.7 Å². The largest absolute Gasteiger partial charge is 0.385 e. The quantitative estimate of drug-likeness (QED) is 0.663. The highest BCUT2D eigenvalue weighted by Crippen LogP contribution is 2.00. The molecule has 0 spiro atoms. The predicted molar refractivity (Wildman–Crippen MR) is 53.9 cm³/mol. The van der Waals surface area contributed by atoms with Gasteiger partial charge in [0, 0.05) is 13.0 Å². The van der Waals surface area contributed by atoms with E-state index in [1.165, 1.54) is 0 Å². The van der Waals surface area contributed by atoms with Crippen LogP contribution in [0.5, 0.6) is 0 Å². The second-order valence-electron chi connectivity index (χ2n) is 3.18. The monoisotopic (exact) mass is 223 g/mol. The predicted octanol–water partition coefficient (Wildman–Crippen LogP) is -1.14. The number of anilines is 1. The summed E-state index contributed by atoms with van der Waals surface area (Å²) in [6, 6.07) is 1.12. The van der Waals surface area contributed by atoms with E-state index in [4.69, 9.17) is 10.3 Å². The Kier molecular flexibility index (Phi) is 2.31. The minimum absolute atomic E-state index is 0.0520. The Morgan fingerprint density at radius 2 is 2.31 bits per heavy atom.